The van der Waals surface area contributed by atoms with Crippen LogP contribution >= 0.6 is 0 Å². The van der Waals surface area contributed by atoms with Gasteiger partial charge in [0.25, 0.3) is 0 Å². The summed E-state index contributed by atoms with van der Waals surface area (Å²) < 4.78 is 0. The summed E-state index contributed by atoms with van der Waals surface area (Å²) in [7, 11) is 2.11. The molecule has 0 aliphatic heterocycles. The summed E-state index contributed by atoms with van der Waals surface area (Å²) in [4.78, 5) is 2.64. The molecule has 0 bridgehead atoms. The van der Waals surface area contributed by atoms with E-state index in [4.69, 9.17) is 0 Å². The lowest BCUT2D eigenvalue weighted by Crippen LogP contribution is -2.61. The molecule has 1 N–H and O–H groups in total. The second kappa shape index (κ2) is 8.43. The molecule has 0 fully saturated rings. The Bertz CT molecular complexity index is 353. The van der Waals surface area contributed by atoms with Gasteiger partial charge in [-0.2, -0.15) is 0 Å². The van der Waals surface area contributed by atoms with E-state index >= 15 is 0 Å². The van der Waals surface area contributed by atoms with Crippen molar-refractivity contribution in [3.63, 3.8) is 0 Å². The van der Waals surface area contributed by atoms with Crippen molar-refractivity contribution < 1.29 is 0 Å². The first-order valence-electron chi connectivity index (χ1n) is 8.14. The molecule has 1 aromatic rings. The smallest absolute Gasteiger partial charge is 0.0360 e. The van der Waals surface area contributed by atoms with E-state index in [9.17, 15) is 0 Å². The molecule has 0 spiro atoms. The molecule has 0 saturated carbocycles. The van der Waals surface area contributed by atoms with Crippen LogP contribution in [0.3, 0.4) is 0 Å². The fourth-order valence-corrected chi connectivity index (χ4v) is 3.67. The Morgan fingerprint density at radius 2 is 1.55 bits per heavy atom. The van der Waals surface area contributed by atoms with Crippen LogP contribution < -0.4 is 5.32 Å². The van der Waals surface area contributed by atoms with Crippen molar-refractivity contribution in [3.05, 3.63) is 35.9 Å². The van der Waals surface area contributed by atoms with Gasteiger partial charge in [-0.1, -0.05) is 58.0 Å². The molecule has 1 aromatic carbocycles. The third-order valence-corrected chi connectivity index (χ3v) is 4.90. The summed E-state index contributed by atoms with van der Waals surface area (Å²) in [5.41, 5.74) is 1.67. The molecule has 2 nitrogen and oxygen atoms in total. The Morgan fingerprint density at radius 1 is 1.00 bits per heavy atom. The van der Waals surface area contributed by atoms with Gasteiger partial charge >= 0.3 is 0 Å². The van der Waals surface area contributed by atoms with Crippen LogP contribution in [0.25, 0.3) is 0 Å². The number of hydrogen-bond acceptors (Lipinski definition) is 2. The number of benzene rings is 1. The summed E-state index contributed by atoms with van der Waals surface area (Å²) in [6, 6.07) is 11.3. The third kappa shape index (κ3) is 3.62. The minimum atomic E-state index is 0.244. The highest BCUT2D eigenvalue weighted by Crippen LogP contribution is 2.29. The molecule has 0 heterocycles. The lowest BCUT2D eigenvalue weighted by atomic mass is 9.79. The maximum Gasteiger partial charge on any atom is 0.0360 e. The SMILES string of the molecule is CCN(CC)C(CC)(CC)C(Cc1ccccc1)NC. The topological polar surface area (TPSA) is 15.3 Å². The van der Waals surface area contributed by atoms with E-state index < -0.39 is 0 Å². The normalized spacial score (nSPS) is 13.7. The largest absolute Gasteiger partial charge is 0.315 e. The van der Waals surface area contributed by atoms with E-state index in [1.165, 1.54) is 18.4 Å². The zero-order valence-corrected chi connectivity index (χ0v) is 13.9. The van der Waals surface area contributed by atoms with Gasteiger partial charge in [0, 0.05) is 11.6 Å². The molecule has 0 aliphatic rings. The molecule has 0 radical (unpaired) electrons. The van der Waals surface area contributed by atoms with E-state index in [0.717, 1.165) is 19.5 Å². The quantitative estimate of drug-likeness (QED) is 0.739. The first-order chi connectivity index (χ1) is 9.68. The van der Waals surface area contributed by atoms with Gasteiger partial charge in [0.15, 0.2) is 0 Å². The van der Waals surface area contributed by atoms with Gasteiger partial charge in [-0.15, -0.1) is 0 Å². The number of nitrogens with one attached hydrogen (secondary N) is 1. The van der Waals surface area contributed by atoms with Crippen LogP contribution in [0, 0.1) is 0 Å². The molecule has 0 aromatic heterocycles. The van der Waals surface area contributed by atoms with Gasteiger partial charge < -0.3 is 5.32 Å². The van der Waals surface area contributed by atoms with Crippen molar-refractivity contribution in [2.24, 2.45) is 0 Å². The minimum absolute atomic E-state index is 0.244. The number of rotatable bonds is 9. The highest BCUT2D eigenvalue weighted by Gasteiger charge is 2.38. The van der Waals surface area contributed by atoms with Crippen LogP contribution in [0.1, 0.15) is 46.1 Å². The maximum atomic E-state index is 3.60. The maximum absolute atomic E-state index is 3.60. The van der Waals surface area contributed by atoms with E-state index in [1.54, 1.807) is 0 Å². The first-order valence-corrected chi connectivity index (χ1v) is 8.14. The van der Waals surface area contributed by atoms with Crippen molar-refractivity contribution in [3.8, 4) is 0 Å². The average molecular weight is 276 g/mol. The van der Waals surface area contributed by atoms with Gasteiger partial charge in [0.2, 0.25) is 0 Å². The molecular weight excluding hydrogens is 244 g/mol. The van der Waals surface area contributed by atoms with E-state index in [1.807, 2.05) is 0 Å². The van der Waals surface area contributed by atoms with Gasteiger partial charge in [0.05, 0.1) is 0 Å². The summed E-state index contributed by atoms with van der Waals surface area (Å²) in [5.74, 6) is 0. The first kappa shape index (κ1) is 17.2. The predicted octanol–water partition coefficient (Wildman–Crippen LogP) is 3.72. The average Bonchev–Trinajstić information content (AvgIpc) is 2.51. The molecule has 1 atom stereocenters. The molecule has 20 heavy (non-hydrogen) atoms. The van der Waals surface area contributed by atoms with Crippen molar-refractivity contribution in [2.45, 2.75) is 58.5 Å². The van der Waals surface area contributed by atoms with Gasteiger partial charge in [-0.3, -0.25) is 4.90 Å². The number of hydrogen-bond donors (Lipinski definition) is 1. The van der Waals surface area contributed by atoms with Crippen molar-refractivity contribution in [1.29, 1.82) is 0 Å². The fraction of sp³-hybridized carbons (Fsp3) is 0.667. The van der Waals surface area contributed by atoms with Crippen LogP contribution in [-0.4, -0.2) is 36.6 Å². The minimum Gasteiger partial charge on any atom is -0.315 e. The summed E-state index contributed by atoms with van der Waals surface area (Å²) >= 11 is 0. The highest BCUT2D eigenvalue weighted by atomic mass is 15.2. The molecule has 0 amide bonds. The fourth-order valence-electron chi connectivity index (χ4n) is 3.67. The molecule has 114 valence electrons. The molecule has 0 saturated heterocycles. The summed E-state index contributed by atoms with van der Waals surface area (Å²) in [6.45, 7) is 11.4. The van der Waals surface area contributed by atoms with Crippen molar-refractivity contribution in [1.82, 2.24) is 10.2 Å². The van der Waals surface area contributed by atoms with E-state index in [0.29, 0.717) is 6.04 Å². The Morgan fingerprint density at radius 3 is 1.95 bits per heavy atom. The third-order valence-electron chi connectivity index (χ3n) is 4.90. The zero-order valence-electron chi connectivity index (χ0n) is 13.9. The summed E-state index contributed by atoms with van der Waals surface area (Å²) in [5, 5.41) is 3.60. The lowest BCUT2D eigenvalue weighted by Gasteiger charge is -2.48. The second-order valence-electron chi connectivity index (χ2n) is 5.51. The zero-order chi connectivity index (χ0) is 15.0. The van der Waals surface area contributed by atoms with Crippen LogP contribution in [0.5, 0.6) is 0 Å². The van der Waals surface area contributed by atoms with Gasteiger partial charge in [-0.25, -0.2) is 0 Å². The molecule has 1 unspecified atom stereocenters. The Hall–Kier alpha value is -0.860. The Kier molecular flexibility index (Phi) is 7.25. The van der Waals surface area contributed by atoms with Gasteiger partial charge in [0.1, 0.15) is 0 Å². The van der Waals surface area contributed by atoms with E-state index in [2.05, 4.69) is 75.3 Å². The number of likely N-dealkylation sites (N-methyl/N-ethyl adjacent to an activating group) is 2. The van der Waals surface area contributed by atoms with Crippen molar-refractivity contribution >= 4 is 0 Å². The van der Waals surface area contributed by atoms with Gasteiger partial charge in [-0.05, 0) is 45.0 Å². The lowest BCUT2D eigenvalue weighted by molar-refractivity contribution is 0.0519. The Balaban J connectivity index is 3.02. The molecule has 0 aliphatic carbocycles. The molecule has 2 heteroatoms. The predicted molar refractivity (Wildman–Crippen MR) is 89.2 cm³/mol. The number of nitrogens with zero attached hydrogens (tertiary/aromatic N) is 1. The molecule has 1 rings (SSSR count). The monoisotopic (exact) mass is 276 g/mol. The van der Waals surface area contributed by atoms with Crippen LogP contribution in [0.15, 0.2) is 30.3 Å². The summed E-state index contributed by atoms with van der Waals surface area (Å²) in [6.07, 6.45) is 3.46. The second-order valence-corrected chi connectivity index (χ2v) is 5.51. The van der Waals surface area contributed by atoms with E-state index in [-0.39, 0.29) is 5.54 Å². The van der Waals surface area contributed by atoms with Crippen LogP contribution in [-0.2, 0) is 6.42 Å². The highest BCUT2D eigenvalue weighted by molar-refractivity contribution is 5.18. The standard InChI is InChI=1S/C18H32N2/c1-6-18(7-2,20(8-3)9-4)17(19-5)15-16-13-11-10-12-14-16/h10-14,17,19H,6-9,15H2,1-5H3. The Labute approximate surface area is 125 Å². The van der Waals surface area contributed by atoms with Crippen molar-refractivity contribution in [2.75, 3.05) is 20.1 Å². The van der Waals surface area contributed by atoms with Crippen LogP contribution in [0.4, 0.5) is 0 Å². The molecular formula is C18H32N2. The van der Waals surface area contributed by atoms with Crippen LogP contribution in [0.2, 0.25) is 0 Å².